The van der Waals surface area contributed by atoms with Crippen LogP contribution in [0.15, 0.2) is 18.5 Å². The Kier molecular flexibility index (Phi) is 4.02. The van der Waals surface area contributed by atoms with Crippen molar-refractivity contribution in [3.63, 3.8) is 0 Å². The lowest BCUT2D eigenvalue weighted by atomic mass is 10.2. The molecule has 0 radical (unpaired) electrons. The van der Waals surface area contributed by atoms with Crippen molar-refractivity contribution in [1.82, 2.24) is 10.5 Å². The van der Waals surface area contributed by atoms with Crippen LogP contribution < -0.4 is 11.2 Å². The Balaban J connectivity index is 2.54. The summed E-state index contributed by atoms with van der Waals surface area (Å²) in [5.74, 6) is -1.25. The highest BCUT2D eigenvalue weighted by atomic mass is 35.5. The molecule has 6 nitrogen and oxygen atoms in total. The van der Waals surface area contributed by atoms with Crippen molar-refractivity contribution in [2.24, 2.45) is 5.73 Å². The molecule has 0 aliphatic rings. The maximum absolute atomic E-state index is 11.3. The largest absolute Gasteiger partial charge is 0.368 e. The monoisotopic (exact) mass is 229 g/mol. The minimum Gasteiger partial charge on any atom is -0.368 e. The predicted octanol–water partition coefficient (Wildman–Crippen LogP) is -0.118. The van der Waals surface area contributed by atoms with Gasteiger partial charge in [-0.1, -0.05) is 11.6 Å². The highest BCUT2D eigenvalue weighted by molar-refractivity contribution is 6.33. The van der Waals surface area contributed by atoms with Gasteiger partial charge in [0.1, 0.15) is 0 Å². The molecular formula is C8H8ClN3O3. The van der Waals surface area contributed by atoms with Gasteiger partial charge in [0, 0.05) is 12.4 Å². The molecule has 0 fully saturated rings. The van der Waals surface area contributed by atoms with Crippen LogP contribution in [0.2, 0.25) is 5.02 Å². The predicted molar refractivity (Wildman–Crippen MR) is 51.9 cm³/mol. The zero-order chi connectivity index (χ0) is 11.3. The molecule has 0 aliphatic heterocycles. The Hall–Kier alpha value is -1.66. The molecule has 7 heteroatoms. The van der Waals surface area contributed by atoms with Gasteiger partial charge in [-0.05, 0) is 6.07 Å². The van der Waals surface area contributed by atoms with Crippen LogP contribution in [0.25, 0.3) is 0 Å². The number of amides is 2. The van der Waals surface area contributed by atoms with Crippen LogP contribution >= 0.6 is 11.6 Å². The van der Waals surface area contributed by atoms with E-state index >= 15 is 0 Å². The van der Waals surface area contributed by atoms with Gasteiger partial charge in [0.25, 0.3) is 5.91 Å². The molecule has 2 amide bonds. The maximum atomic E-state index is 11.3. The smallest absolute Gasteiger partial charge is 0.276 e. The fourth-order valence-corrected chi connectivity index (χ4v) is 0.992. The van der Waals surface area contributed by atoms with Gasteiger partial charge in [-0.25, -0.2) is 5.48 Å². The number of rotatable bonds is 4. The van der Waals surface area contributed by atoms with Crippen molar-refractivity contribution in [2.45, 2.75) is 0 Å². The highest BCUT2D eigenvalue weighted by Crippen LogP contribution is 2.12. The fraction of sp³-hybridized carbons (Fsp3) is 0.125. The van der Waals surface area contributed by atoms with Crippen molar-refractivity contribution >= 4 is 23.4 Å². The molecule has 0 aromatic carbocycles. The van der Waals surface area contributed by atoms with Gasteiger partial charge < -0.3 is 5.73 Å². The SMILES string of the molecule is NC(=O)CONC(=O)c1ccncc1Cl. The van der Waals surface area contributed by atoms with E-state index in [9.17, 15) is 9.59 Å². The molecule has 0 spiro atoms. The van der Waals surface area contributed by atoms with Crippen LogP contribution in [0, 0.1) is 0 Å². The van der Waals surface area contributed by atoms with Gasteiger partial charge in [-0.3, -0.25) is 19.4 Å². The number of nitrogens with two attached hydrogens (primary N) is 1. The summed E-state index contributed by atoms with van der Waals surface area (Å²) in [4.78, 5) is 29.9. The summed E-state index contributed by atoms with van der Waals surface area (Å²) in [5, 5.41) is 0.192. The van der Waals surface area contributed by atoms with Crippen LogP contribution in [-0.4, -0.2) is 23.4 Å². The van der Waals surface area contributed by atoms with E-state index in [4.69, 9.17) is 17.3 Å². The number of nitrogens with zero attached hydrogens (tertiary/aromatic N) is 1. The van der Waals surface area contributed by atoms with Crippen LogP contribution in [0.5, 0.6) is 0 Å². The first kappa shape index (κ1) is 11.4. The van der Waals surface area contributed by atoms with Gasteiger partial charge in [0.2, 0.25) is 5.91 Å². The summed E-state index contributed by atoms with van der Waals surface area (Å²) in [5.41, 5.74) is 7.02. The number of carbonyl (C=O) groups excluding carboxylic acids is 2. The van der Waals surface area contributed by atoms with E-state index in [1.165, 1.54) is 18.5 Å². The van der Waals surface area contributed by atoms with E-state index in [1.54, 1.807) is 0 Å². The Morgan fingerprint density at radius 3 is 2.93 bits per heavy atom. The number of hydroxylamine groups is 1. The van der Waals surface area contributed by atoms with E-state index in [0.29, 0.717) is 0 Å². The van der Waals surface area contributed by atoms with E-state index < -0.39 is 18.4 Å². The first-order valence-corrected chi connectivity index (χ1v) is 4.29. The Bertz CT molecular complexity index is 383. The van der Waals surface area contributed by atoms with Crippen LogP contribution in [0.3, 0.4) is 0 Å². The zero-order valence-electron chi connectivity index (χ0n) is 7.57. The summed E-state index contributed by atoms with van der Waals surface area (Å²) in [6.45, 7) is -0.394. The number of halogens is 1. The first-order valence-electron chi connectivity index (χ1n) is 3.91. The van der Waals surface area contributed by atoms with Crippen molar-refractivity contribution in [3.05, 3.63) is 29.0 Å². The number of carbonyl (C=O) groups is 2. The molecule has 0 unspecified atom stereocenters. The average molecular weight is 230 g/mol. The highest BCUT2D eigenvalue weighted by Gasteiger charge is 2.09. The van der Waals surface area contributed by atoms with Crippen LogP contribution in [0.4, 0.5) is 0 Å². The summed E-state index contributed by atoms with van der Waals surface area (Å²) >= 11 is 5.69. The van der Waals surface area contributed by atoms with Crippen LogP contribution in [-0.2, 0) is 9.63 Å². The summed E-state index contributed by atoms with van der Waals surface area (Å²) in [6.07, 6.45) is 2.74. The molecule has 1 heterocycles. The number of hydrogen-bond acceptors (Lipinski definition) is 4. The van der Waals surface area contributed by atoms with Gasteiger partial charge in [-0.2, -0.15) is 0 Å². The van der Waals surface area contributed by atoms with Gasteiger partial charge >= 0.3 is 0 Å². The second kappa shape index (κ2) is 5.28. The number of aromatic nitrogens is 1. The second-order valence-corrected chi connectivity index (χ2v) is 2.95. The third-order valence-corrected chi connectivity index (χ3v) is 1.70. The van der Waals surface area contributed by atoms with Gasteiger partial charge in [0.05, 0.1) is 10.6 Å². The Labute approximate surface area is 90.3 Å². The third kappa shape index (κ3) is 3.53. The van der Waals surface area contributed by atoms with Gasteiger partial charge in [0.15, 0.2) is 6.61 Å². The minimum absolute atomic E-state index is 0.192. The molecular weight excluding hydrogens is 222 g/mol. The van der Waals surface area contributed by atoms with E-state index in [-0.39, 0.29) is 10.6 Å². The maximum Gasteiger partial charge on any atom is 0.276 e. The number of hydrogen-bond donors (Lipinski definition) is 2. The molecule has 1 rings (SSSR count). The number of primary amides is 1. The minimum atomic E-state index is -0.684. The van der Waals surface area contributed by atoms with Crippen molar-refractivity contribution in [1.29, 1.82) is 0 Å². The molecule has 3 N–H and O–H groups in total. The number of nitrogens with one attached hydrogen (secondary N) is 1. The molecule has 0 saturated carbocycles. The summed E-state index contributed by atoms with van der Waals surface area (Å²) in [6, 6.07) is 1.42. The lowest BCUT2D eigenvalue weighted by Crippen LogP contribution is -2.29. The molecule has 80 valence electrons. The normalized spacial score (nSPS) is 9.67. The second-order valence-electron chi connectivity index (χ2n) is 2.54. The fourth-order valence-electron chi connectivity index (χ4n) is 0.787. The molecule has 0 bridgehead atoms. The van der Waals surface area contributed by atoms with E-state index in [1.807, 2.05) is 5.48 Å². The quantitative estimate of drug-likeness (QED) is 0.704. The molecule has 0 saturated heterocycles. The molecule has 15 heavy (non-hydrogen) atoms. The van der Waals surface area contributed by atoms with Crippen molar-refractivity contribution in [3.8, 4) is 0 Å². The topological polar surface area (TPSA) is 94.3 Å². The van der Waals surface area contributed by atoms with E-state index in [0.717, 1.165) is 0 Å². The molecule has 0 atom stereocenters. The lowest BCUT2D eigenvalue weighted by Gasteiger charge is -2.04. The first-order chi connectivity index (χ1) is 7.11. The van der Waals surface area contributed by atoms with Crippen molar-refractivity contribution < 1.29 is 14.4 Å². The molecule has 1 aromatic heterocycles. The molecule has 0 aliphatic carbocycles. The van der Waals surface area contributed by atoms with Gasteiger partial charge in [-0.15, -0.1) is 0 Å². The van der Waals surface area contributed by atoms with Crippen LogP contribution in [0.1, 0.15) is 10.4 Å². The Morgan fingerprint density at radius 2 is 2.33 bits per heavy atom. The molecule has 1 aromatic rings. The zero-order valence-corrected chi connectivity index (χ0v) is 8.32. The standard InChI is InChI=1S/C8H8ClN3O3/c9-6-3-11-2-1-5(6)8(14)12-15-4-7(10)13/h1-3H,4H2,(H2,10,13)(H,12,14). The number of pyridine rings is 1. The third-order valence-electron chi connectivity index (χ3n) is 1.40. The summed E-state index contributed by atoms with van der Waals surface area (Å²) < 4.78 is 0. The average Bonchev–Trinajstić information content (AvgIpc) is 2.17. The Morgan fingerprint density at radius 1 is 1.60 bits per heavy atom. The van der Waals surface area contributed by atoms with E-state index in [2.05, 4.69) is 9.82 Å². The van der Waals surface area contributed by atoms with Crippen molar-refractivity contribution in [2.75, 3.05) is 6.61 Å². The lowest BCUT2D eigenvalue weighted by molar-refractivity contribution is -0.124. The summed E-state index contributed by atoms with van der Waals surface area (Å²) in [7, 11) is 0.